The van der Waals surface area contributed by atoms with E-state index in [2.05, 4.69) is 10.3 Å². The van der Waals surface area contributed by atoms with Gasteiger partial charge in [-0.25, -0.2) is 4.98 Å². The minimum absolute atomic E-state index is 0.140. The summed E-state index contributed by atoms with van der Waals surface area (Å²) in [6.45, 7) is 0.221. The maximum Gasteiger partial charge on any atom is 0.262 e. The number of carbonyl (C=O) groups is 1. The van der Waals surface area contributed by atoms with Crippen molar-refractivity contribution in [1.29, 1.82) is 0 Å². The fraction of sp³-hybridized carbons (Fsp3) is 0.0741. The molecular formula is C27H21ClN4O2. The monoisotopic (exact) mass is 468 g/mol. The van der Waals surface area contributed by atoms with Gasteiger partial charge in [-0.1, -0.05) is 60.1 Å². The van der Waals surface area contributed by atoms with Gasteiger partial charge in [0.05, 0.1) is 17.4 Å². The van der Waals surface area contributed by atoms with Crippen molar-refractivity contribution in [3.05, 3.63) is 113 Å². The summed E-state index contributed by atoms with van der Waals surface area (Å²) in [5, 5.41) is 3.92. The molecule has 0 unspecified atom stereocenters. The van der Waals surface area contributed by atoms with Crippen LogP contribution in [0.25, 0.3) is 28.0 Å². The van der Waals surface area contributed by atoms with Crippen molar-refractivity contribution in [2.45, 2.75) is 13.0 Å². The molecule has 0 aliphatic heterocycles. The largest absolute Gasteiger partial charge is 0.326 e. The Morgan fingerprint density at radius 1 is 0.912 bits per heavy atom. The van der Waals surface area contributed by atoms with Crippen LogP contribution in [0.2, 0.25) is 5.02 Å². The van der Waals surface area contributed by atoms with E-state index in [0.717, 1.165) is 16.9 Å². The molecule has 0 spiro atoms. The zero-order chi connectivity index (χ0) is 23.5. The van der Waals surface area contributed by atoms with E-state index >= 15 is 0 Å². The average molecular weight is 469 g/mol. The first-order chi connectivity index (χ1) is 16.6. The molecule has 168 valence electrons. The van der Waals surface area contributed by atoms with Crippen molar-refractivity contribution in [2.75, 3.05) is 5.32 Å². The van der Waals surface area contributed by atoms with Crippen LogP contribution in [0.15, 0.2) is 102 Å². The number of para-hydroxylation sites is 1. The molecule has 0 bridgehead atoms. The lowest BCUT2D eigenvalue weighted by Crippen LogP contribution is -2.23. The van der Waals surface area contributed by atoms with Crippen LogP contribution in [-0.2, 0) is 11.3 Å². The predicted octanol–water partition coefficient (Wildman–Crippen LogP) is 5.54. The van der Waals surface area contributed by atoms with Gasteiger partial charge in [0.1, 0.15) is 0 Å². The molecule has 34 heavy (non-hydrogen) atoms. The van der Waals surface area contributed by atoms with Gasteiger partial charge < -0.3 is 5.32 Å². The minimum atomic E-state index is -0.193. The van der Waals surface area contributed by atoms with Crippen molar-refractivity contribution in [1.82, 2.24) is 14.1 Å². The molecule has 0 aliphatic carbocycles. The smallest absolute Gasteiger partial charge is 0.262 e. The van der Waals surface area contributed by atoms with Gasteiger partial charge in [0.25, 0.3) is 5.56 Å². The first-order valence-corrected chi connectivity index (χ1v) is 11.2. The van der Waals surface area contributed by atoms with Crippen molar-refractivity contribution in [3.8, 4) is 16.9 Å². The van der Waals surface area contributed by atoms with Gasteiger partial charge in [-0.05, 0) is 48.0 Å². The fourth-order valence-electron chi connectivity index (χ4n) is 3.91. The molecule has 1 amide bonds. The van der Waals surface area contributed by atoms with Crippen LogP contribution in [-0.4, -0.2) is 20.0 Å². The lowest BCUT2D eigenvalue weighted by molar-refractivity contribution is -0.116. The number of rotatable bonds is 6. The Bertz CT molecular complexity index is 1510. The normalized spacial score (nSPS) is 11.0. The quantitative estimate of drug-likeness (QED) is 0.356. The Hall–Kier alpha value is -4.16. The summed E-state index contributed by atoms with van der Waals surface area (Å²) < 4.78 is 3.47. The zero-order valence-corrected chi connectivity index (χ0v) is 18.9. The number of benzene rings is 3. The van der Waals surface area contributed by atoms with Gasteiger partial charge in [0.2, 0.25) is 5.91 Å². The SMILES string of the molecule is O=C(CCn1cnc2c(cc(-c3ccccc3)n2-c2ccccc2)c1=O)Nc1ccc(Cl)cc1. The predicted molar refractivity (Wildman–Crippen MR) is 135 cm³/mol. The molecule has 0 saturated carbocycles. The minimum Gasteiger partial charge on any atom is -0.326 e. The molecule has 0 saturated heterocycles. The van der Waals surface area contributed by atoms with Gasteiger partial charge in [0.15, 0.2) is 5.65 Å². The lowest BCUT2D eigenvalue weighted by Gasteiger charge is -2.11. The molecule has 7 heteroatoms. The van der Waals surface area contributed by atoms with E-state index in [-0.39, 0.29) is 24.4 Å². The lowest BCUT2D eigenvalue weighted by atomic mass is 10.1. The maximum absolute atomic E-state index is 13.3. The summed E-state index contributed by atoms with van der Waals surface area (Å²) in [5.41, 5.74) is 3.83. The van der Waals surface area contributed by atoms with Crippen LogP contribution in [0.1, 0.15) is 6.42 Å². The van der Waals surface area contributed by atoms with Crippen LogP contribution in [0.4, 0.5) is 5.69 Å². The number of carbonyl (C=O) groups excluding carboxylic acids is 1. The molecule has 5 aromatic rings. The Kier molecular flexibility index (Phi) is 5.97. The summed E-state index contributed by atoms with van der Waals surface area (Å²) in [6, 6.07) is 28.5. The number of hydrogen-bond acceptors (Lipinski definition) is 3. The third kappa shape index (κ3) is 4.36. The second-order valence-corrected chi connectivity index (χ2v) is 8.29. The van der Waals surface area contributed by atoms with Gasteiger partial charge >= 0.3 is 0 Å². The Morgan fingerprint density at radius 3 is 2.29 bits per heavy atom. The van der Waals surface area contributed by atoms with E-state index in [0.29, 0.717) is 21.7 Å². The highest BCUT2D eigenvalue weighted by Crippen LogP contribution is 2.29. The van der Waals surface area contributed by atoms with Gasteiger partial charge in [-0.2, -0.15) is 0 Å². The van der Waals surface area contributed by atoms with E-state index < -0.39 is 0 Å². The second kappa shape index (κ2) is 9.37. The Morgan fingerprint density at radius 2 is 1.59 bits per heavy atom. The average Bonchev–Trinajstić information content (AvgIpc) is 3.27. The molecular weight excluding hydrogens is 448 g/mol. The van der Waals surface area contributed by atoms with Crippen LogP contribution in [0.3, 0.4) is 0 Å². The Balaban J connectivity index is 1.48. The highest BCUT2D eigenvalue weighted by atomic mass is 35.5. The first kappa shape index (κ1) is 21.7. The zero-order valence-electron chi connectivity index (χ0n) is 18.2. The summed E-state index contributed by atoms with van der Waals surface area (Å²) in [7, 11) is 0. The molecule has 1 N–H and O–H groups in total. The van der Waals surface area contributed by atoms with Gasteiger partial charge in [-0.15, -0.1) is 0 Å². The standard InChI is InChI=1S/C27H21ClN4O2/c28-20-11-13-21(14-12-20)30-25(33)15-16-31-18-29-26-23(27(31)34)17-24(19-7-3-1-4-8-19)32(26)22-9-5-2-6-10-22/h1-14,17-18H,15-16H2,(H,30,33). The van der Waals surface area contributed by atoms with Gasteiger partial charge in [-0.3, -0.25) is 18.7 Å². The van der Waals surface area contributed by atoms with Crippen LogP contribution in [0.5, 0.6) is 0 Å². The van der Waals surface area contributed by atoms with Crippen LogP contribution >= 0.6 is 11.6 Å². The number of halogens is 1. The highest BCUT2D eigenvalue weighted by molar-refractivity contribution is 6.30. The van der Waals surface area contributed by atoms with Crippen LogP contribution < -0.4 is 10.9 Å². The van der Waals surface area contributed by atoms with E-state index in [1.807, 2.05) is 71.3 Å². The Labute approximate surface area is 201 Å². The molecule has 2 aromatic heterocycles. The summed E-state index contributed by atoms with van der Waals surface area (Å²) >= 11 is 5.89. The number of aryl methyl sites for hydroxylation is 1. The number of amides is 1. The van der Waals surface area contributed by atoms with Gasteiger partial charge in [0, 0.05) is 29.4 Å². The molecule has 0 fully saturated rings. The summed E-state index contributed by atoms with van der Waals surface area (Å²) in [4.78, 5) is 30.3. The number of fused-ring (bicyclic) bond motifs is 1. The number of nitrogens with zero attached hydrogens (tertiary/aromatic N) is 3. The molecule has 2 heterocycles. The third-order valence-corrected chi connectivity index (χ3v) is 5.83. The summed E-state index contributed by atoms with van der Waals surface area (Å²) in [5.74, 6) is -0.193. The van der Waals surface area contributed by atoms with Crippen molar-refractivity contribution in [3.63, 3.8) is 0 Å². The first-order valence-electron chi connectivity index (χ1n) is 10.9. The molecule has 0 atom stereocenters. The molecule has 0 radical (unpaired) electrons. The number of anilines is 1. The molecule has 3 aromatic carbocycles. The third-order valence-electron chi connectivity index (χ3n) is 5.58. The maximum atomic E-state index is 13.3. The number of aromatic nitrogens is 3. The van der Waals surface area contributed by atoms with Crippen molar-refractivity contribution >= 4 is 34.2 Å². The highest BCUT2D eigenvalue weighted by Gasteiger charge is 2.17. The summed E-state index contributed by atoms with van der Waals surface area (Å²) in [6.07, 6.45) is 1.65. The van der Waals surface area contributed by atoms with Crippen LogP contribution in [0, 0.1) is 0 Å². The van der Waals surface area contributed by atoms with E-state index in [9.17, 15) is 9.59 Å². The fourth-order valence-corrected chi connectivity index (χ4v) is 4.04. The topological polar surface area (TPSA) is 68.9 Å². The van der Waals surface area contributed by atoms with Crippen molar-refractivity contribution in [2.24, 2.45) is 0 Å². The molecule has 5 rings (SSSR count). The number of nitrogens with one attached hydrogen (secondary N) is 1. The van der Waals surface area contributed by atoms with E-state index in [1.54, 1.807) is 24.3 Å². The second-order valence-electron chi connectivity index (χ2n) is 7.85. The molecule has 0 aliphatic rings. The molecule has 6 nitrogen and oxygen atoms in total. The number of hydrogen-bond donors (Lipinski definition) is 1. The van der Waals surface area contributed by atoms with Crippen molar-refractivity contribution < 1.29 is 4.79 Å². The van der Waals surface area contributed by atoms with E-state index in [1.165, 1.54) is 10.9 Å². The van der Waals surface area contributed by atoms with E-state index in [4.69, 9.17) is 11.6 Å².